The zero-order valence-corrected chi connectivity index (χ0v) is 9.42. The molecule has 0 amide bonds. The Labute approximate surface area is 87.7 Å². The highest BCUT2D eigenvalue weighted by atomic mass is 14.9. The Bertz CT molecular complexity index is 189. The molecule has 80 valence electrons. The Morgan fingerprint density at radius 1 is 1.57 bits per heavy atom. The lowest BCUT2D eigenvalue weighted by Crippen LogP contribution is -2.33. The lowest BCUT2D eigenvalue weighted by Gasteiger charge is -2.29. The van der Waals surface area contributed by atoms with Crippen molar-refractivity contribution >= 4 is 0 Å². The van der Waals surface area contributed by atoms with Crippen LogP contribution in [0.5, 0.6) is 0 Å². The Kier molecular flexibility index (Phi) is 4.97. The fourth-order valence-corrected chi connectivity index (χ4v) is 2.32. The first-order chi connectivity index (χ1) is 6.77. The maximum Gasteiger partial charge on any atom is 0.0655 e. The van der Waals surface area contributed by atoms with Crippen LogP contribution in [0.3, 0.4) is 0 Å². The van der Waals surface area contributed by atoms with Gasteiger partial charge in [0.2, 0.25) is 0 Å². The van der Waals surface area contributed by atoms with Gasteiger partial charge in [0.15, 0.2) is 0 Å². The second-order valence-corrected chi connectivity index (χ2v) is 4.55. The number of nitrogens with zero attached hydrogens (tertiary/aromatic N) is 1. The summed E-state index contributed by atoms with van der Waals surface area (Å²) >= 11 is 0. The Morgan fingerprint density at radius 2 is 2.36 bits per heavy atom. The van der Waals surface area contributed by atoms with Gasteiger partial charge in [0.25, 0.3) is 0 Å². The van der Waals surface area contributed by atoms with Crippen molar-refractivity contribution in [2.24, 2.45) is 17.8 Å². The molecule has 1 aliphatic heterocycles. The van der Waals surface area contributed by atoms with Gasteiger partial charge in [0, 0.05) is 5.92 Å². The van der Waals surface area contributed by atoms with Crippen LogP contribution < -0.4 is 5.32 Å². The molecule has 3 atom stereocenters. The van der Waals surface area contributed by atoms with Gasteiger partial charge in [0.05, 0.1) is 6.07 Å². The summed E-state index contributed by atoms with van der Waals surface area (Å²) in [5.41, 5.74) is 0. The topological polar surface area (TPSA) is 35.8 Å². The second kappa shape index (κ2) is 6.03. The zero-order valence-electron chi connectivity index (χ0n) is 9.42. The number of nitriles is 1. The highest BCUT2D eigenvalue weighted by Gasteiger charge is 2.21. The van der Waals surface area contributed by atoms with Crippen LogP contribution in [0.4, 0.5) is 0 Å². The molecule has 0 spiro atoms. The third-order valence-electron chi connectivity index (χ3n) is 3.47. The fraction of sp³-hybridized carbons (Fsp3) is 0.917. The number of piperidine rings is 1. The fourth-order valence-electron chi connectivity index (χ4n) is 2.32. The molecule has 2 heteroatoms. The van der Waals surface area contributed by atoms with Crippen LogP contribution >= 0.6 is 0 Å². The molecule has 14 heavy (non-hydrogen) atoms. The van der Waals surface area contributed by atoms with Crippen molar-refractivity contribution in [1.82, 2.24) is 5.32 Å². The van der Waals surface area contributed by atoms with E-state index in [0.717, 1.165) is 25.3 Å². The summed E-state index contributed by atoms with van der Waals surface area (Å²) < 4.78 is 0. The predicted molar refractivity (Wildman–Crippen MR) is 58.8 cm³/mol. The van der Waals surface area contributed by atoms with Gasteiger partial charge in [-0.25, -0.2) is 0 Å². The summed E-state index contributed by atoms with van der Waals surface area (Å²) in [4.78, 5) is 0. The van der Waals surface area contributed by atoms with Crippen LogP contribution in [0.2, 0.25) is 0 Å². The summed E-state index contributed by atoms with van der Waals surface area (Å²) in [7, 11) is 0. The molecule has 0 aliphatic carbocycles. The normalized spacial score (nSPS) is 26.5. The standard InChI is InChI=1S/C12H22N2/c1-3-11(8-13)7-10(2)12-5-4-6-14-9-12/h10-12,14H,3-7,9H2,1-2H3. The first kappa shape index (κ1) is 11.5. The van der Waals surface area contributed by atoms with Gasteiger partial charge in [0.1, 0.15) is 0 Å². The van der Waals surface area contributed by atoms with Gasteiger partial charge in [-0.2, -0.15) is 5.26 Å². The molecule has 2 nitrogen and oxygen atoms in total. The summed E-state index contributed by atoms with van der Waals surface area (Å²) in [6, 6.07) is 2.40. The van der Waals surface area contributed by atoms with Gasteiger partial charge >= 0.3 is 0 Å². The predicted octanol–water partition coefficient (Wildman–Crippen LogP) is 2.56. The minimum Gasteiger partial charge on any atom is -0.316 e. The molecule has 0 saturated carbocycles. The van der Waals surface area contributed by atoms with E-state index in [-0.39, 0.29) is 5.92 Å². The smallest absolute Gasteiger partial charge is 0.0655 e. The minimum absolute atomic E-state index is 0.270. The monoisotopic (exact) mass is 194 g/mol. The van der Waals surface area contributed by atoms with E-state index >= 15 is 0 Å². The quantitative estimate of drug-likeness (QED) is 0.746. The van der Waals surface area contributed by atoms with E-state index in [1.165, 1.54) is 19.4 Å². The summed E-state index contributed by atoms with van der Waals surface area (Å²) in [5, 5.41) is 12.3. The van der Waals surface area contributed by atoms with E-state index in [4.69, 9.17) is 5.26 Å². The van der Waals surface area contributed by atoms with Crippen LogP contribution in [-0.4, -0.2) is 13.1 Å². The van der Waals surface area contributed by atoms with Gasteiger partial charge in [-0.1, -0.05) is 13.8 Å². The van der Waals surface area contributed by atoms with E-state index in [2.05, 4.69) is 25.2 Å². The molecule has 0 aromatic heterocycles. The van der Waals surface area contributed by atoms with Gasteiger partial charge < -0.3 is 5.32 Å². The SMILES string of the molecule is CCC(C#N)CC(C)C1CCCNC1. The van der Waals surface area contributed by atoms with Gasteiger partial charge in [-0.3, -0.25) is 0 Å². The number of nitrogens with one attached hydrogen (secondary N) is 1. The van der Waals surface area contributed by atoms with Crippen LogP contribution in [-0.2, 0) is 0 Å². The van der Waals surface area contributed by atoms with Crippen molar-refractivity contribution < 1.29 is 0 Å². The largest absolute Gasteiger partial charge is 0.316 e. The molecule has 3 unspecified atom stereocenters. The van der Waals surface area contributed by atoms with Crippen molar-refractivity contribution in [3.8, 4) is 6.07 Å². The number of hydrogen-bond acceptors (Lipinski definition) is 2. The maximum absolute atomic E-state index is 8.91. The molecule has 1 rings (SSSR count). The van der Waals surface area contributed by atoms with Crippen LogP contribution in [0, 0.1) is 29.1 Å². The van der Waals surface area contributed by atoms with E-state index < -0.39 is 0 Å². The highest BCUT2D eigenvalue weighted by Crippen LogP contribution is 2.26. The van der Waals surface area contributed by atoms with Gasteiger partial charge in [-0.15, -0.1) is 0 Å². The van der Waals surface area contributed by atoms with Gasteiger partial charge in [-0.05, 0) is 50.6 Å². The summed E-state index contributed by atoms with van der Waals surface area (Å²) in [5.74, 6) is 1.77. The number of rotatable bonds is 4. The van der Waals surface area contributed by atoms with Crippen LogP contribution in [0.25, 0.3) is 0 Å². The molecule has 1 aliphatic rings. The maximum atomic E-state index is 8.91. The lowest BCUT2D eigenvalue weighted by atomic mass is 9.81. The highest BCUT2D eigenvalue weighted by molar-refractivity contribution is 4.85. The molecule has 0 bridgehead atoms. The summed E-state index contributed by atoms with van der Waals surface area (Å²) in [6.45, 7) is 6.75. The van der Waals surface area contributed by atoms with Crippen LogP contribution in [0.1, 0.15) is 39.5 Å². The summed E-state index contributed by atoms with van der Waals surface area (Å²) in [6.07, 6.45) is 4.73. The van der Waals surface area contributed by atoms with Crippen LogP contribution in [0.15, 0.2) is 0 Å². The van der Waals surface area contributed by atoms with Crippen molar-refractivity contribution in [1.29, 1.82) is 5.26 Å². The van der Waals surface area contributed by atoms with Crippen molar-refractivity contribution in [3.05, 3.63) is 0 Å². The molecule has 0 aromatic rings. The molecular weight excluding hydrogens is 172 g/mol. The first-order valence-corrected chi connectivity index (χ1v) is 5.88. The molecule has 0 aromatic carbocycles. The van der Waals surface area contributed by atoms with Crippen molar-refractivity contribution in [3.63, 3.8) is 0 Å². The third-order valence-corrected chi connectivity index (χ3v) is 3.47. The third kappa shape index (κ3) is 3.31. The Balaban J connectivity index is 2.32. The Hall–Kier alpha value is -0.550. The molecule has 0 radical (unpaired) electrons. The van der Waals surface area contributed by atoms with E-state index in [9.17, 15) is 0 Å². The average molecular weight is 194 g/mol. The zero-order chi connectivity index (χ0) is 10.4. The lowest BCUT2D eigenvalue weighted by molar-refractivity contribution is 0.250. The second-order valence-electron chi connectivity index (χ2n) is 4.55. The molecule has 1 saturated heterocycles. The van der Waals surface area contributed by atoms with Crippen molar-refractivity contribution in [2.75, 3.05) is 13.1 Å². The minimum atomic E-state index is 0.270. The first-order valence-electron chi connectivity index (χ1n) is 5.88. The van der Waals surface area contributed by atoms with Crippen molar-refractivity contribution in [2.45, 2.75) is 39.5 Å². The average Bonchev–Trinajstić information content (AvgIpc) is 2.26. The van der Waals surface area contributed by atoms with E-state index in [1.807, 2.05) is 0 Å². The molecular formula is C12H22N2. The molecule has 1 fully saturated rings. The van der Waals surface area contributed by atoms with E-state index in [1.54, 1.807) is 0 Å². The molecule has 1 N–H and O–H groups in total. The number of hydrogen-bond donors (Lipinski definition) is 1. The molecule has 1 heterocycles. The Morgan fingerprint density at radius 3 is 2.86 bits per heavy atom. The van der Waals surface area contributed by atoms with E-state index in [0.29, 0.717) is 5.92 Å².